The van der Waals surface area contributed by atoms with Gasteiger partial charge in [-0.2, -0.15) is 4.98 Å². The summed E-state index contributed by atoms with van der Waals surface area (Å²) in [5.74, 6) is -0.330. The molecule has 3 rings (SSSR count). The van der Waals surface area contributed by atoms with Crippen molar-refractivity contribution in [3.8, 4) is 0 Å². The van der Waals surface area contributed by atoms with Crippen molar-refractivity contribution >= 4 is 40.6 Å². The van der Waals surface area contributed by atoms with Gasteiger partial charge in [-0.15, -0.1) is 0 Å². The Morgan fingerprint density at radius 2 is 1.64 bits per heavy atom. The Morgan fingerprint density at radius 1 is 1.06 bits per heavy atom. The number of phosphoric ester groups is 1. The number of ether oxygens (including phenoxy) is 1. The van der Waals surface area contributed by atoms with E-state index in [1.54, 1.807) is 0 Å². The third-order valence-corrected chi connectivity index (χ3v) is 7.55. The summed E-state index contributed by atoms with van der Waals surface area (Å²) in [6, 6.07) is 0. The Hall–Kier alpha value is 0.670. The number of phosphoric acid groups is 3. The number of aromatic nitrogens is 4. The minimum atomic E-state index is -6.15. The van der Waals surface area contributed by atoms with Gasteiger partial charge in [-0.1, -0.05) is 0 Å². The van der Waals surface area contributed by atoms with Gasteiger partial charge < -0.3 is 44.2 Å². The maximum Gasteiger partial charge on any atom is 1.00 e. The minimum Gasteiger partial charge on any atom is -0.790 e. The Labute approximate surface area is 248 Å². The van der Waals surface area contributed by atoms with Gasteiger partial charge in [0.05, 0.1) is 20.5 Å². The van der Waals surface area contributed by atoms with Gasteiger partial charge >= 0.3 is 81.1 Å². The molecule has 3 heterocycles. The molecule has 0 aromatic carbocycles. The van der Waals surface area contributed by atoms with Crippen LogP contribution in [0.2, 0.25) is 0 Å². The molecule has 36 heavy (non-hydrogen) atoms. The molecule has 1 fully saturated rings. The van der Waals surface area contributed by atoms with Crippen LogP contribution in [-0.2, 0) is 31.6 Å². The van der Waals surface area contributed by atoms with E-state index in [0.29, 0.717) is 0 Å². The molecule has 0 saturated carbocycles. The number of nitrogens with one attached hydrogen (secondary N) is 2. The first kappa shape index (κ1) is 38.8. The van der Waals surface area contributed by atoms with Crippen LogP contribution in [0.15, 0.2) is 9.59 Å². The number of H-pyrrole nitrogens is 2. The van der Waals surface area contributed by atoms with Gasteiger partial charge in [0.15, 0.2) is 11.2 Å². The van der Waals surface area contributed by atoms with E-state index in [1.807, 2.05) is 0 Å². The molecule has 180 valence electrons. The van der Waals surface area contributed by atoms with Gasteiger partial charge in [0.25, 0.3) is 21.2 Å². The number of nitrogen functional groups attached to an aromatic ring is 1. The first-order valence-electron chi connectivity index (χ1n) is 8.12. The van der Waals surface area contributed by atoms with E-state index in [0.717, 1.165) is 4.57 Å². The number of aliphatic hydroxyl groups is 1. The van der Waals surface area contributed by atoms with Crippen LogP contribution < -0.4 is 112 Å². The van der Waals surface area contributed by atoms with Gasteiger partial charge in [-0.3, -0.25) is 28.2 Å². The second-order valence-electron chi connectivity index (χ2n) is 6.18. The minimum absolute atomic E-state index is 0. The van der Waals surface area contributed by atoms with Crippen LogP contribution >= 0.6 is 23.5 Å². The molecule has 0 aliphatic carbocycles. The molecule has 1 aliphatic rings. The summed E-state index contributed by atoms with van der Waals surface area (Å²) in [5.41, 5.74) is 3.33. The number of fused-ring (bicyclic) bond motifs is 1. The van der Waals surface area contributed by atoms with Crippen LogP contribution in [-0.4, -0.2) is 43.4 Å². The predicted octanol–water partition coefficient (Wildman–Crippen LogP) is -16.5. The first-order valence-corrected chi connectivity index (χ1v) is 12.5. The van der Waals surface area contributed by atoms with Crippen LogP contribution in [0.3, 0.4) is 0 Å². The van der Waals surface area contributed by atoms with Gasteiger partial charge in [0.1, 0.15) is 12.3 Å². The maximum absolute atomic E-state index is 12.2. The van der Waals surface area contributed by atoms with E-state index in [9.17, 15) is 48.0 Å². The molecule has 5 N–H and O–H groups in total. The van der Waals surface area contributed by atoms with Crippen molar-refractivity contribution in [3.63, 3.8) is 0 Å². The fourth-order valence-corrected chi connectivity index (χ4v) is 5.63. The Balaban J connectivity index is 0. The fraction of sp³-hybridized carbons (Fsp3) is 0.500. The molecule has 0 radical (unpaired) electrons. The zero-order valence-electron chi connectivity index (χ0n) is 19.2. The monoisotopic (exact) mass is 547 g/mol. The number of rotatable bonds is 8. The average Bonchev–Trinajstić information content (AvgIpc) is 3.09. The topological polar surface area (TPSA) is 310 Å². The fourth-order valence-electron chi connectivity index (χ4n) is 2.77. The third kappa shape index (κ3) is 10.0. The standard InChI is InChI=1S/C10H16N5O14P3.4Li/c11-9-13-7-6(8(17)14-9)12-10(18)15(7)5-1-3(16)4(27-5)2-26-31(22,23)29-32(24,25)28-30(19,20)21;;;;/h3-5,16H,1-2H2,(H,12,18)(H,22,23)(H,24,25)(H2,19,20,21)(H3,11,13,14,17);;;;/q;4*+1/p-4. The number of hydrogen-bond acceptors (Lipinski definition) is 16. The van der Waals surface area contributed by atoms with Crippen molar-refractivity contribution < 1.29 is 132 Å². The van der Waals surface area contributed by atoms with Crippen molar-refractivity contribution in [2.24, 2.45) is 0 Å². The van der Waals surface area contributed by atoms with Crippen molar-refractivity contribution in [2.45, 2.75) is 24.9 Å². The summed E-state index contributed by atoms with van der Waals surface area (Å²) >= 11 is 0. The van der Waals surface area contributed by atoms with Gasteiger partial charge in [-0.25, -0.2) is 13.7 Å². The second-order valence-corrected chi connectivity index (χ2v) is 10.4. The van der Waals surface area contributed by atoms with Gasteiger partial charge in [0.2, 0.25) is 5.95 Å². The molecule has 1 saturated heterocycles. The molecule has 1 aliphatic heterocycles. The molecular weight excluding hydrogens is 535 g/mol. The largest absolute Gasteiger partial charge is 1.00 e. The molecular formula is C10H12Li4N5O14P3. The van der Waals surface area contributed by atoms with Crippen LogP contribution in [0.5, 0.6) is 0 Å². The number of hydrogen-bond donors (Lipinski definition) is 4. The maximum atomic E-state index is 12.2. The molecule has 19 nitrogen and oxygen atoms in total. The molecule has 26 heteroatoms. The predicted molar refractivity (Wildman–Crippen MR) is 90.9 cm³/mol. The van der Waals surface area contributed by atoms with Gasteiger partial charge in [-0.05, 0) is 0 Å². The van der Waals surface area contributed by atoms with Crippen molar-refractivity contribution in [1.29, 1.82) is 0 Å². The van der Waals surface area contributed by atoms with Crippen molar-refractivity contribution in [1.82, 2.24) is 19.5 Å². The van der Waals surface area contributed by atoms with Crippen LogP contribution in [0.1, 0.15) is 12.6 Å². The van der Waals surface area contributed by atoms with E-state index in [-0.39, 0.29) is 99.0 Å². The zero-order chi connectivity index (χ0) is 24.1. The number of anilines is 1. The summed E-state index contributed by atoms with van der Waals surface area (Å²) in [6.45, 7) is -1.06. The Bertz CT molecular complexity index is 1300. The molecule has 0 spiro atoms. The number of aliphatic hydroxyl groups excluding tert-OH is 1. The molecule has 5 atom stereocenters. The van der Waals surface area contributed by atoms with Crippen LogP contribution in [0.25, 0.3) is 11.2 Å². The summed E-state index contributed by atoms with van der Waals surface area (Å²) in [5, 5.41) is 10.1. The molecule has 0 bridgehead atoms. The van der Waals surface area contributed by atoms with Crippen molar-refractivity contribution in [3.05, 3.63) is 20.8 Å². The Morgan fingerprint density at radius 3 is 2.19 bits per heavy atom. The van der Waals surface area contributed by atoms with E-state index in [2.05, 4.69) is 28.1 Å². The number of imidazole rings is 1. The summed E-state index contributed by atoms with van der Waals surface area (Å²) in [7, 11) is -18.1. The zero-order valence-corrected chi connectivity index (χ0v) is 21.9. The number of nitrogens with zero attached hydrogens (tertiary/aromatic N) is 2. The normalized spacial score (nSPS) is 22.8. The summed E-state index contributed by atoms with van der Waals surface area (Å²) < 4.78 is 49.8. The van der Waals surface area contributed by atoms with Crippen molar-refractivity contribution in [2.75, 3.05) is 12.3 Å². The van der Waals surface area contributed by atoms with E-state index in [4.69, 9.17) is 10.5 Å². The average molecular weight is 547 g/mol. The van der Waals surface area contributed by atoms with Gasteiger partial charge in [0, 0.05) is 6.42 Å². The molecule has 0 amide bonds. The quantitative estimate of drug-likeness (QED) is 0.176. The Kier molecular flexibility index (Phi) is 15.5. The third-order valence-electron chi connectivity index (χ3n) is 3.89. The molecule has 2 aromatic heterocycles. The molecule has 5 unspecified atom stereocenters. The number of aromatic amines is 2. The number of nitrogens with two attached hydrogens (primary N) is 1. The van der Waals surface area contributed by atoms with E-state index >= 15 is 0 Å². The molecule has 2 aromatic rings. The SMILES string of the molecule is Nc1nc2c([nH]c(=O)n2C2CC(O)C(COP(=O)([O-])OP(=O)([O-])OP(=O)([O-])[O-])O2)c(=O)[nH]1.[Li+].[Li+].[Li+].[Li+]. The first-order chi connectivity index (χ1) is 14.6. The van der Waals surface area contributed by atoms with Crippen LogP contribution in [0.4, 0.5) is 5.95 Å². The van der Waals surface area contributed by atoms with E-state index in [1.165, 1.54) is 0 Å². The van der Waals surface area contributed by atoms with E-state index < -0.39 is 59.8 Å². The van der Waals surface area contributed by atoms with Crippen LogP contribution in [0, 0.1) is 0 Å². The second kappa shape index (κ2) is 14.3. The smallest absolute Gasteiger partial charge is 0.790 e. The summed E-state index contributed by atoms with van der Waals surface area (Å²) in [6.07, 6.45) is -4.53. The summed E-state index contributed by atoms with van der Waals surface area (Å²) in [4.78, 5) is 75.6.